The number of fused-ring (bicyclic) bond motifs is 1. The van der Waals surface area contributed by atoms with Crippen LogP contribution in [0.2, 0.25) is 0 Å². The van der Waals surface area contributed by atoms with Crippen LogP contribution in [0.4, 0.5) is 0 Å². The highest BCUT2D eigenvalue weighted by molar-refractivity contribution is 9.10. The normalized spacial score (nSPS) is 11.0. The van der Waals surface area contributed by atoms with Gasteiger partial charge >= 0.3 is 0 Å². The highest BCUT2D eigenvalue weighted by atomic mass is 79.9. The summed E-state index contributed by atoms with van der Waals surface area (Å²) >= 11 is 3.42. The summed E-state index contributed by atoms with van der Waals surface area (Å²) in [7, 11) is 1.58. The fraction of sp³-hybridized carbons (Fsp3) is 0.105. The molecule has 26 heavy (non-hydrogen) atoms. The van der Waals surface area contributed by atoms with E-state index in [-0.39, 0.29) is 5.56 Å². The Morgan fingerprint density at radius 3 is 2.65 bits per heavy atom. The monoisotopic (exact) mass is 410 g/mol. The third-order valence-corrected chi connectivity index (χ3v) is 4.61. The lowest BCUT2D eigenvalue weighted by Gasteiger charge is -2.09. The Hall–Kier alpha value is -2.93. The number of aryl methyl sites for hydroxylation is 1. The summed E-state index contributed by atoms with van der Waals surface area (Å²) < 4.78 is 7.93. The number of benzene rings is 2. The smallest absolute Gasteiger partial charge is 0.277 e. The van der Waals surface area contributed by atoms with Gasteiger partial charge in [-0.05, 0) is 37.3 Å². The lowest BCUT2D eigenvalue weighted by atomic mass is 10.2. The van der Waals surface area contributed by atoms with Gasteiger partial charge < -0.3 is 9.72 Å². The van der Waals surface area contributed by atoms with E-state index in [1.807, 2.05) is 55.5 Å². The Bertz CT molecular complexity index is 1170. The summed E-state index contributed by atoms with van der Waals surface area (Å²) in [5.74, 6) is 1.07. The summed E-state index contributed by atoms with van der Waals surface area (Å²) in [6.45, 7) is 1.84. The zero-order chi connectivity index (χ0) is 18.3. The van der Waals surface area contributed by atoms with E-state index in [4.69, 9.17) is 4.74 Å². The van der Waals surface area contributed by atoms with Gasteiger partial charge in [0.1, 0.15) is 17.1 Å². The Morgan fingerprint density at radius 1 is 1.15 bits per heavy atom. The second-order valence-corrected chi connectivity index (χ2v) is 6.70. The van der Waals surface area contributed by atoms with Gasteiger partial charge in [0.05, 0.1) is 24.1 Å². The van der Waals surface area contributed by atoms with Gasteiger partial charge in [-0.2, -0.15) is 5.10 Å². The van der Waals surface area contributed by atoms with E-state index < -0.39 is 0 Å². The number of H-pyrrole nitrogens is 1. The van der Waals surface area contributed by atoms with E-state index in [2.05, 4.69) is 31.0 Å². The number of rotatable bonds is 3. The highest BCUT2D eigenvalue weighted by Crippen LogP contribution is 2.31. The molecule has 0 amide bonds. The quantitative estimate of drug-likeness (QED) is 0.556. The molecule has 0 saturated heterocycles. The summed E-state index contributed by atoms with van der Waals surface area (Å²) in [5, 5.41) is 4.51. The van der Waals surface area contributed by atoms with Crippen LogP contribution in [0.3, 0.4) is 0 Å². The number of halogens is 1. The van der Waals surface area contributed by atoms with Crippen molar-refractivity contribution < 1.29 is 4.74 Å². The fourth-order valence-electron chi connectivity index (χ4n) is 2.91. The molecule has 2 heterocycles. The van der Waals surface area contributed by atoms with Gasteiger partial charge in [0.25, 0.3) is 5.56 Å². The fourth-order valence-corrected chi connectivity index (χ4v) is 3.25. The molecule has 0 bridgehead atoms. The topological polar surface area (TPSA) is 72.8 Å². The van der Waals surface area contributed by atoms with Crippen LogP contribution in [0, 0.1) is 6.92 Å². The summed E-state index contributed by atoms with van der Waals surface area (Å²) in [6.07, 6.45) is 0. The van der Waals surface area contributed by atoms with Crippen molar-refractivity contribution in [3.8, 4) is 22.8 Å². The van der Waals surface area contributed by atoms with Gasteiger partial charge in [0.2, 0.25) is 0 Å². The van der Waals surface area contributed by atoms with E-state index in [1.54, 1.807) is 11.8 Å². The van der Waals surface area contributed by atoms with Crippen molar-refractivity contribution in [1.29, 1.82) is 0 Å². The lowest BCUT2D eigenvalue weighted by molar-refractivity contribution is 0.416. The number of nitrogens with zero attached hydrogens (tertiary/aromatic N) is 3. The van der Waals surface area contributed by atoms with Crippen molar-refractivity contribution in [3.05, 3.63) is 69.1 Å². The van der Waals surface area contributed by atoms with Crippen LogP contribution in [0.15, 0.2) is 57.8 Å². The molecule has 0 aliphatic carbocycles. The zero-order valence-electron chi connectivity index (χ0n) is 14.2. The van der Waals surface area contributed by atoms with Crippen LogP contribution < -0.4 is 10.3 Å². The first-order valence-electron chi connectivity index (χ1n) is 7.97. The second kappa shape index (κ2) is 6.42. The Balaban J connectivity index is 1.97. The number of hydrogen-bond acceptors (Lipinski definition) is 4. The number of ether oxygens (including phenoxy) is 1. The SMILES string of the molecule is COc1cc(Br)ccc1-c1nc2c(C)nn(-c3ccccc3)c2c(=O)[nH]1. The molecule has 0 fully saturated rings. The van der Waals surface area contributed by atoms with Crippen molar-refractivity contribution >= 4 is 27.0 Å². The van der Waals surface area contributed by atoms with E-state index >= 15 is 0 Å². The van der Waals surface area contributed by atoms with Crippen molar-refractivity contribution in [1.82, 2.24) is 19.7 Å². The van der Waals surface area contributed by atoms with Crippen LogP contribution >= 0.6 is 15.9 Å². The average Bonchev–Trinajstić information content (AvgIpc) is 2.99. The first-order valence-corrected chi connectivity index (χ1v) is 8.77. The first kappa shape index (κ1) is 16.5. The first-order chi connectivity index (χ1) is 12.6. The van der Waals surface area contributed by atoms with Gasteiger partial charge in [-0.15, -0.1) is 0 Å². The molecule has 1 N–H and O–H groups in total. The third-order valence-electron chi connectivity index (χ3n) is 4.12. The molecule has 4 rings (SSSR count). The Kier molecular flexibility index (Phi) is 4.08. The van der Waals surface area contributed by atoms with Crippen molar-refractivity contribution in [2.75, 3.05) is 7.11 Å². The molecule has 130 valence electrons. The number of nitrogens with one attached hydrogen (secondary N) is 1. The van der Waals surface area contributed by atoms with Crippen LogP contribution in [-0.2, 0) is 0 Å². The predicted molar refractivity (Wildman–Crippen MR) is 104 cm³/mol. The van der Waals surface area contributed by atoms with Crippen LogP contribution in [0.1, 0.15) is 5.69 Å². The van der Waals surface area contributed by atoms with Crippen molar-refractivity contribution in [2.45, 2.75) is 6.92 Å². The summed E-state index contributed by atoms with van der Waals surface area (Å²) in [5.41, 5.74) is 2.95. The maximum Gasteiger partial charge on any atom is 0.277 e. The molecule has 0 aliphatic heterocycles. The summed E-state index contributed by atoms with van der Waals surface area (Å²) in [6, 6.07) is 15.1. The maximum atomic E-state index is 12.8. The molecule has 0 atom stereocenters. The number of hydrogen-bond donors (Lipinski definition) is 1. The van der Waals surface area contributed by atoms with E-state index in [9.17, 15) is 4.79 Å². The van der Waals surface area contributed by atoms with E-state index in [0.29, 0.717) is 33.9 Å². The summed E-state index contributed by atoms with van der Waals surface area (Å²) in [4.78, 5) is 20.4. The molecule has 2 aromatic heterocycles. The third kappa shape index (κ3) is 2.70. The standard InChI is InChI=1S/C19H15BrN4O2/c1-11-16-17(24(23-11)13-6-4-3-5-7-13)19(25)22-18(21-16)14-9-8-12(20)10-15(14)26-2/h3-10H,1-2H3,(H,21,22,25). The molecule has 6 nitrogen and oxygen atoms in total. The van der Waals surface area contributed by atoms with Gasteiger partial charge in [-0.25, -0.2) is 9.67 Å². The highest BCUT2D eigenvalue weighted by Gasteiger charge is 2.17. The number of methoxy groups -OCH3 is 1. The molecule has 7 heteroatoms. The van der Waals surface area contributed by atoms with Gasteiger partial charge in [-0.1, -0.05) is 34.1 Å². The average molecular weight is 411 g/mol. The van der Waals surface area contributed by atoms with Gasteiger partial charge in [-0.3, -0.25) is 4.79 Å². The molecule has 4 aromatic rings. The minimum atomic E-state index is -0.251. The predicted octanol–water partition coefficient (Wildman–Crippen LogP) is 3.86. The molecule has 2 aromatic carbocycles. The Morgan fingerprint density at radius 2 is 1.92 bits per heavy atom. The van der Waals surface area contributed by atoms with Crippen LogP contribution in [-0.4, -0.2) is 26.9 Å². The molecule has 0 saturated carbocycles. The molecular formula is C19H15BrN4O2. The van der Waals surface area contributed by atoms with Crippen molar-refractivity contribution in [3.63, 3.8) is 0 Å². The Labute approximate surface area is 157 Å². The minimum Gasteiger partial charge on any atom is -0.496 e. The largest absolute Gasteiger partial charge is 0.496 e. The molecule has 0 radical (unpaired) electrons. The van der Waals surface area contributed by atoms with E-state index in [0.717, 1.165) is 10.2 Å². The van der Waals surface area contributed by atoms with Crippen LogP contribution in [0.5, 0.6) is 5.75 Å². The minimum absolute atomic E-state index is 0.251. The number of aromatic amines is 1. The van der Waals surface area contributed by atoms with Gasteiger partial charge in [0, 0.05) is 4.47 Å². The molecular weight excluding hydrogens is 396 g/mol. The zero-order valence-corrected chi connectivity index (χ0v) is 15.7. The number of para-hydroxylation sites is 1. The maximum absolute atomic E-state index is 12.8. The molecule has 0 aliphatic rings. The molecule has 0 spiro atoms. The molecule has 0 unspecified atom stereocenters. The van der Waals surface area contributed by atoms with E-state index in [1.165, 1.54) is 0 Å². The second-order valence-electron chi connectivity index (χ2n) is 5.79. The van der Waals surface area contributed by atoms with Crippen LogP contribution in [0.25, 0.3) is 28.1 Å². The van der Waals surface area contributed by atoms with Gasteiger partial charge in [0.15, 0.2) is 5.52 Å². The lowest BCUT2D eigenvalue weighted by Crippen LogP contribution is -2.13. The number of aromatic nitrogens is 4. The van der Waals surface area contributed by atoms with Crippen molar-refractivity contribution in [2.24, 2.45) is 0 Å².